The maximum atomic E-state index is 11.7. The Labute approximate surface area is 103 Å². The summed E-state index contributed by atoms with van der Waals surface area (Å²) in [4.78, 5) is 35.4. The summed E-state index contributed by atoms with van der Waals surface area (Å²) < 4.78 is 0. The van der Waals surface area contributed by atoms with Crippen molar-refractivity contribution in [2.75, 3.05) is 4.90 Å². The molecule has 17 heavy (non-hydrogen) atoms. The number of hydrogen-bond donors (Lipinski definition) is 0. The topological polar surface area (TPSA) is 54.5 Å². The van der Waals surface area contributed by atoms with Gasteiger partial charge in [0.2, 0.25) is 11.8 Å². The summed E-state index contributed by atoms with van der Waals surface area (Å²) in [6.45, 7) is 1.72. The van der Waals surface area contributed by atoms with Crippen LogP contribution in [-0.4, -0.2) is 17.1 Å². The van der Waals surface area contributed by atoms with E-state index in [1.807, 2.05) is 0 Å². The Kier molecular flexibility index (Phi) is 2.98. The molecule has 4 nitrogen and oxygen atoms in total. The lowest BCUT2D eigenvalue weighted by molar-refractivity contribution is -0.122. The summed E-state index contributed by atoms with van der Waals surface area (Å²) in [6.07, 6.45) is 0.231. The highest BCUT2D eigenvalue weighted by Crippen LogP contribution is 2.26. The lowest BCUT2D eigenvalue weighted by Crippen LogP contribution is -2.29. The van der Waals surface area contributed by atoms with Gasteiger partial charge >= 0.3 is 0 Å². The number of anilines is 1. The van der Waals surface area contributed by atoms with Crippen LogP contribution in [0, 0.1) is 5.92 Å². The van der Waals surface area contributed by atoms with Crippen LogP contribution >= 0.6 is 11.6 Å². The van der Waals surface area contributed by atoms with Gasteiger partial charge < -0.3 is 0 Å². The Balaban J connectivity index is 2.32. The van der Waals surface area contributed by atoms with Crippen LogP contribution in [0.25, 0.3) is 0 Å². The van der Waals surface area contributed by atoms with Crippen LogP contribution in [0.4, 0.5) is 5.69 Å². The number of carbonyl (C=O) groups is 3. The zero-order valence-corrected chi connectivity index (χ0v) is 9.90. The average molecular weight is 252 g/mol. The van der Waals surface area contributed by atoms with Crippen molar-refractivity contribution in [3.05, 3.63) is 29.8 Å². The molecule has 0 spiro atoms. The Bertz CT molecular complexity index is 495. The Morgan fingerprint density at radius 2 is 1.88 bits per heavy atom. The first kappa shape index (κ1) is 11.8. The molecule has 1 aromatic rings. The molecule has 0 saturated carbocycles. The predicted molar refractivity (Wildman–Crippen MR) is 62.9 cm³/mol. The second-order valence-corrected chi connectivity index (χ2v) is 4.34. The lowest BCUT2D eigenvalue weighted by atomic mass is 10.1. The zero-order valence-electron chi connectivity index (χ0n) is 9.14. The fraction of sp³-hybridized carbons (Fsp3) is 0.250. The molecule has 0 aliphatic carbocycles. The number of carbonyl (C=O) groups excluding carboxylic acids is 3. The standard InChI is InChI=1S/C12H10ClNO3/c1-7-6-10(15)14(12(7)17)9-4-2-8(3-5-9)11(13)16/h2-5,7H,6H2,1H3. The van der Waals surface area contributed by atoms with Crippen LogP contribution < -0.4 is 4.90 Å². The molecule has 88 valence electrons. The van der Waals surface area contributed by atoms with Crippen molar-refractivity contribution in [3.8, 4) is 0 Å². The third kappa shape index (κ3) is 2.08. The summed E-state index contributed by atoms with van der Waals surface area (Å²) in [6, 6.07) is 6.08. The van der Waals surface area contributed by atoms with Gasteiger partial charge in [0.1, 0.15) is 0 Å². The van der Waals surface area contributed by atoms with Gasteiger partial charge in [-0.15, -0.1) is 0 Å². The molecule has 1 aliphatic rings. The van der Waals surface area contributed by atoms with Crippen molar-refractivity contribution in [2.45, 2.75) is 13.3 Å². The number of amides is 2. The van der Waals surface area contributed by atoms with Gasteiger partial charge in [-0.2, -0.15) is 0 Å². The Hall–Kier alpha value is -1.68. The van der Waals surface area contributed by atoms with E-state index >= 15 is 0 Å². The summed E-state index contributed by atoms with van der Waals surface area (Å²) in [7, 11) is 0. The van der Waals surface area contributed by atoms with E-state index in [2.05, 4.69) is 0 Å². The van der Waals surface area contributed by atoms with Gasteiger partial charge in [-0.1, -0.05) is 6.92 Å². The average Bonchev–Trinajstić information content (AvgIpc) is 2.53. The highest BCUT2D eigenvalue weighted by molar-refractivity contribution is 6.67. The number of hydrogen-bond acceptors (Lipinski definition) is 3. The SMILES string of the molecule is CC1CC(=O)N(c2ccc(C(=O)Cl)cc2)C1=O. The second kappa shape index (κ2) is 4.30. The molecule has 1 atom stereocenters. The highest BCUT2D eigenvalue weighted by atomic mass is 35.5. The van der Waals surface area contributed by atoms with E-state index in [1.165, 1.54) is 12.1 Å². The van der Waals surface area contributed by atoms with Crippen LogP contribution in [-0.2, 0) is 9.59 Å². The van der Waals surface area contributed by atoms with E-state index < -0.39 is 5.24 Å². The van der Waals surface area contributed by atoms with Gasteiger partial charge in [0.25, 0.3) is 5.24 Å². The van der Waals surface area contributed by atoms with Crippen molar-refractivity contribution in [3.63, 3.8) is 0 Å². The van der Waals surface area contributed by atoms with Crippen LogP contribution in [0.3, 0.4) is 0 Å². The van der Waals surface area contributed by atoms with Crippen LogP contribution in [0.2, 0.25) is 0 Å². The van der Waals surface area contributed by atoms with E-state index in [0.29, 0.717) is 11.3 Å². The molecular formula is C12H10ClNO3. The van der Waals surface area contributed by atoms with Crippen molar-refractivity contribution in [2.24, 2.45) is 5.92 Å². The van der Waals surface area contributed by atoms with Crippen LogP contribution in [0.5, 0.6) is 0 Å². The van der Waals surface area contributed by atoms with Crippen molar-refractivity contribution in [1.82, 2.24) is 0 Å². The summed E-state index contributed by atoms with van der Waals surface area (Å²) in [5, 5.41) is -0.566. The first-order valence-electron chi connectivity index (χ1n) is 5.17. The minimum atomic E-state index is -0.566. The molecule has 1 saturated heterocycles. The second-order valence-electron chi connectivity index (χ2n) is 3.99. The minimum absolute atomic E-state index is 0.208. The van der Waals surface area contributed by atoms with Crippen LogP contribution in [0.15, 0.2) is 24.3 Å². The molecule has 1 aromatic carbocycles. The number of halogens is 1. The van der Waals surface area contributed by atoms with E-state index in [9.17, 15) is 14.4 Å². The predicted octanol–water partition coefficient (Wildman–Crippen LogP) is 1.96. The molecule has 1 heterocycles. The van der Waals surface area contributed by atoms with Crippen LogP contribution in [0.1, 0.15) is 23.7 Å². The monoisotopic (exact) mass is 251 g/mol. The first-order chi connectivity index (χ1) is 8.00. The highest BCUT2D eigenvalue weighted by Gasteiger charge is 2.36. The Morgan fingerprint density at radius 3 is 2.29 bits per heavy atom. The summed E-state index contributed by atoms with van der Waals surface area (Å²) >= 11 is 5.31. The summed E-state index contributed by atoms with van der Waals surface area (Å²) in [5.74, 6) is -0.704. The van der Waals surface area contributed by atoms with E-state index in [4.69, 9.17) is 11.6 Å². The third-order valence-corrected chi connectivity index (χ3v) is 2.94. The largest absolute Gasteiger partial charge is 0.276 e. The number of imide groups is 1. The third-order valence-electron chi connectivity index (χ3n) is 2.72. The molecule has 2 rings (SSSR count). The molecule has 0 N–H and O–H groups in total. The summed E-state index contributed by atoms with van der Waals surface area (Å²) in [5.41, 5.74) is 0.813. The lowest BCUT2D eigenvalue weighted by Gasteiger charge is -2.14. The molecule has 0 bridgehead atoms. The van der Waals surface area contributed by atoms with Gasteiger partial charge in [-0.05, 0) is 35.9 Å². The van der Waals surface area contributed by atoms with Crippen molar-refractivity contribution < 1.29 is 14.4 Å². The molecule has 1 fully saturated rings. The van der Waals surface area contributed by atoms with E-state index in [1.54, 1.807) is 19.1 Å². The van der Waals surface area contributed by atoms with Gasteiger partial charge in [-0.3, -0.25) is 19.3 Å². The van der Waals surface area contributed by atoms with E-state index in [0.717, 1.165) is 4.90 Å². The van der Waals surface area contributed by atoms with E-state index in [-0.39, 0.29) is 24.2 Å². The zero-order chi connectivity index (χ0) is 12.6. The fourth-order valence-corrected chi connectivity index (χ4v) is 1.92. The number of nitrogens with zero attached hydrogens (tertiary/aromatic N) is 1. The van der Waals surface area contributed by atoms with Gasteiger partial charge in [0.05, 0.1) is 5.69 Å². The molecule has 5 heteroatoms. The maximum absolute atomic E-state index is 11.7. The maximum Gasteiger partial charge on any atom is 0.252 e. The Morgan fingerprint density at radius 1 is 1.29 bits per heavy atom. The normalized spacial score (nSPS) is 19.9. The molecule has 1 aliphatic heterocycles. The molecule has 0 radical (unpaired) electrons. The first-order valence-corrected chi connectivity index (χ1v) is 5.55. The van der Waals surface area contributed by atoms with Gasteiger partial charge in [0.15, 0.2) is 0 Å². The quantitative estimate of drug-likeness (QED) is 0.596. The van der Waals surface area contributed by atoms with Gasteiger partial charge in [-0.25, -0.2) is 0 Å². The fourth-order valence-electron chi connectivity index (χ4n) is 1.80. The smallest absolute Gasteiger partial charge is 0.252 e. The number of benzene rings is 1. The molecule has 1 unspecified atom stereocenters. The molecule has 0 aromatic heterocycles. The molecule has 2 amide bonds. The van der Waals surface area contributed by atoms with Crippen molar-refractivity contribution in [1.29, 1.82) is 0 Å². The molecular weight excluding hydrogens is 242 g/mol. The van der Waals surface area contributed by atoms with Gasteiger partial charge in [0, 0.05) is 17.9 Å². The minimum Gasteiger partial charge on any atom is -0.276 e. The van der Waals surface area contributed by atoms with Crippen molar-refractivity contribution >= 4 is 34.3 Å². The number of rotatable bonds is 2.